The third-order valence-corrected chi connectivity index (χ3v) is 7.14. The summed E-state index contributed by atoms with van der Waals surface area (Å²) >= 11 is 5.66. The Hall–Kier alpha value is -2.34. The standard InChI is InChI=1S/C23H27ClF3N3O4S/c1-16(30(35(2,32)33)19-6-7-21(24)20(13-19)23(25,26)27)22(31)28-14-17-4-3-5-18(12-17)15-29-8-10-34-11-9-29/h3-7,12-13,16H,8-11,14-15H2,1-2H3,(H,28,31)/t16-/m1/s1. The molecule has 7 nitrogen and oxygen atoms in total. The van der Waals surface area contributed by atoms with E-state index < -0.39 is 38.7 Å². The summed E-state index contributed by atoms with van der Waals surface area (Å²) in [6.45, 7) is 5.22. The molecule has 35 heavy (non-hydrogen) atoms. The van der Waals surface area contributed by atoms with Gasteiger partial charge in [-0.1, -0.05) is 35.9 Å². The number of hydrogen-bond donors (Lipinski definition) is 1. The predicted molar refractivity (Wildman–Crippen MR) is 128 cm³/mol. The molecule has 1 saturated heterocycles. The average Bonchev–Trinajstić information content (AvgIpc) is 2.78. The fraction of sp³-hybridized carbons (Fsp3) is 0.435. The molecule has 1 atom stereocenters. The number of carbonyl (C=O) groups excluding carboxylic acids is 1. The fourth-order valence-electron chi connectivity index (χ4n) is 3.87. The Labute approximate surface area is 207 Å². The van der Waals surface area contributed by atoms with Gasteiger partial charge < -0.3 is 10.1 Å². The summed E-state index contributed by atoms with van der Waals surface area (Å²) in [5.74, 6) is -0.655. The molecule has 1 heterocycles. The lowest BCUT2D eigenvalue weighted by molar-refractivity contribution is -0.137. The van der Waals surface area contributed by atoms with Crippen LogP contribution in [-0.4, -0.2) is 57.8 Å². The van der Waals surface area contributed by atoms with Crippen molar-refractivity contribution in [2.45, 2.75) is 32.2 Å². The van der Waals surface area contributed by atoms with Crippen LogP contribution in [0, 0.1) is 0 Å². The number of nitrogens with one attached hydrogen (secondary N) is 1. The van der Waals surface area contributed by atoms with Crippen LogP contribution in [0.3, 0.4) is 0 Å². The van der Waals surface area contributed by atoms with Crippen LogP contribution in [0.1, 0.15) is 23.6 Å². The van der Waals surface area contributed by atoms with E-state index in [9.17, 15) is 26.4 Å². The topological polar surface area (TPSA) is 79.0 Å². The molecule has 1 aliphatic heterocycles. The van der Waals surface area contributed by atoms with E-state index in [1.165, 1.54) is 6.92 Å². The van der Waals surface area contributed by atoms with Crippen LogP contribution in [0.15, 0.2) is 42.5 Å². The lowest BCUT2D eigenvalue weighted by Crippen LogP contribution is -2.47. The van der Waals surface area contributed by atoms with Gasteiger partial charge in [0.2, 0.25) is 15.9 Å². The molecule has 3 rings (SSSR count). The Balaban J connectivity index is 1.73. The van der Waals surface area contributed by atoms with Gasteiger partial charge in [-0.15, -0.1) is 0 Å². The first-order chi connectivity index (χ1) is 16.4. The van der Waals surface area contributed by atoms with E-state index in [1.54, 1.807) is 0 Å². The molecule has 0 aromatic heterocycles. The number of ether oxygens (including phenoxy) is 1. The summed E-state index contributed by atoms with van der Waals surface area (Å²) in [4.78, 5) is 15.1. The molecule has 0 aliphatic carbocycles. The molecule has 1 N–H and O–H groups in total. The number of alkyl halides is 3. The fourth-order valence-corrected chi connectivity index (χ4v) is 5.26. The number of carbonyl (C=O) groups is 1. The maximum absolute atomic E-state index is 13.3. The highest BCUT2D eigenvalue weighted by atomic mass is 35.5. The van der Waals surface area contributed by atoms with Gasteiger partial charge in [0.05, 0.1) is 35.7 Å². The molecule has 1 fully saturated rings. The van der Waals surface area contributed by atoms with Crippen molar-refractivity contribution in [1.82, 2.24) is 10.2 Å². The number of hydrogen-bond acceptors (Lipinski definition) is 5. The quantitative estimate of drug-likeness (QED) is 0.560. The molecule has 12 heteroatoms. The normalized spacial score (nSPS) is 16.1. The van der Waals surface area contributed by atoms with E-state index in [0.29, 0.717) is 23.6 Å². The summed E-state index contributed by atoms with van der Waals surface area (Å²) in [6.07, 6.45) is -3.96. The van der Waals surface area contributed by atoms with Crippen LogP contribution in [0.2, 0.25) is 5.02 Å². The van der Waals surface area contributed by atoms with Crippen LogP contribution in [0.4, 0.5) is 18.9 Å². The second kappa shape index (κ2) is 11.2. The number of nitrogens with zero attached hydrogens (tertiary/aromatic N) is 2. The molecule has 192 valence electrons. The van der Waals surface area contributed by atoms with Crippen molar-refractivity contribution < 1.29 is 31.1 Å². The van der Waals surface area contributed by atoms with Crippen molar-refractivity contribution in [3.05, 3.63) is 64.2 Å². The molecule has 0 unspecified atom stereocenters. The molecule has 1 aliphatic rings. The summed E-state index contributed by atoms with van der Waals surface area (Å²) < 4.78 is 70.8. The van der Waals surface area contributed by atoms with Crippen LogP contribution in [0.5, 0.6) is 0 Å². The Morgan fingerprint density at radius 2 is 1.83 bits per heavy atom. The number of morpholine rings is 1. The summed E-state index contributed by atoms with van der Waals surface area (Å²) in [5, 5.41) is 2.12. The Bertz CT molecular complexity index is 1150. The minimum atomic E-state index is -4.78. The zero-order valence-electron chi connectivity index (χ0n) is 19.3. The molecule has 0 spiro atoms. The highest BCUT2D eigenvalue weighted by Gasteiger charge is 2.36. The molecule has 0 bridgehead atoms. The minimum absolute atomic E-state index is 0.131. The summed E-state index contributed by atoms with van der Waals surface area (Å²) in [5.41, 5.74) is 0.382. The van der Waals surface area contributed by atoms with Gasteiger partial charge in [0.15, 0.2) is 0 Å². The van der Waals surface area contributed by atoms with E-state index in [0.717, 1.165) is 49.1 Å². The van der Waals surface area contributed by atoms with Crippen molar-refractivity contribution in [3.8, 4) is 0 Å². The zero-order valence-corrected chi connectivity index (χ0v) is 20.9. The highest BCUT2D eigenvalue weighted by Crippen LogP contribution is 2.37. The number of halogens is 4. The lowest BCUT2D eigenvalue weighted by atomic mass is 10.1. The van der Waals surface area contributed by atoms with Crippen molar-refractivity contribution in [2.75, 3.05) is 36.9 Å². The second-order valence-electron chi connectivity index (χ2n) is 8.32. The van der Waals surface area contributed by atoms with E-state index in [2.05, 4.69) is 10.2 Å². The van der Waals surface area contributed by atoms with Crippen molar-refractivity contribution in [2.24, 2.45) is 0 Å². The van der Waals surface area contributed by atoms with E-state index in [-0.39, 0.29) is 12.2 Å². The summed E-state index contributed by atoms with van der Waals surface area (Å²) in [7, 11) is -4.10. The van der Waals surface area contributed by atoms with Crippen molar-refractivity contribution >= 4 is 33.2 Å². The van der Waals surface area contributed by atoms with Crippen LogP contribution in [0.25, 0.3) is 0 Å². The number of sulfonamides is 1. The SMILES string of the molecule is C[C@H](C(=O)NCc1cccc(CN2CCOCC2)c1)N(c1ccc(Cl)c(C(F)(F)F)c1)S(C)(=O)=O. The average molecular weight is 534 g/mol. The predicted octanol–water partition coefficient (Wildman–Crippen LogP) is 3.66. The molecule has 0 radical (unpaired) electrons. The first-order valence-electron chi connectivity index (χ1n) is 10.9. The first-order valence-corrected chi connectivity index (χ1v) is 13.1. The number of amides is 1. The van der Waals surface area contributed by atoms with Crippen LogP contribution in [-0.2, 0) is 38.8 Å². The van der Waals surface area contributed by atoms with Crippen molar-refractivity contribution in [1.29, 1.82) is 0 Å². The van der Waals surface area contributed by atoms with Gasteiger partial charge in [0.1, 0.15) is 6.04 Å². The zero-order chi connectivity index (χ0) is 25.8. The van der Waals surface area contributed by atoms with E-state index in [1.807, 2.05) is 24.3 Å². The molecule has 2 aromatic carbocycles. The molecule has 1 amide bonds. The second-order valence-corrected chi connectivity index (χ2v) is 10.6. The highest BCUT2D eigenvalue weighted by molar-refractivity contribution is 7.92. The number of anilines is 1. The lowest BCUT2D eigenvalue weighted by Gasteiger charge is -2.29. The third kappa shape index (κ3) is 7.33. The number of rotatable bonds is 8. The number of benzene rings is 2. The van der Waals surface area contributed by atoms with Gasteiger partial charge in [-0.3, -0.25) is 14.0 Å². The van der Waals surface area contributed by atoms with Gasteiger partial charge >= 0.3 is 6.18 Å². The maximum Gasteiger partial charge on any atom is 0.417 e. The third-order valence-electron chi connectivity index (χ3n) is 5.57. The molecule has 0 saturated carbocycles. The first kappa shape index (κ1) is 27.3. The Kier molecular flexibility index (Phi) is 8.68. The molecule has 2 aromatic rings. The van der Waals surface area contributed by atoms with Crippen molar-refractivity contribution in [3.63, 3.8) is 0 Å². The molecular weight excluding hydrogens is 507 g/mol. The van der Waals surface area contributed by atoms with Gasteiger partial charge in [-0.25, -0.2) is 8.42 Å². The van der Waals surface area contributed by atoms with Gasteiger partial charge in [-0.2, -0.15) is 13.2 Å². The van der Waals surface area contributed by atoms with Crippen LogP contribution < -0.4 is 9.62 Å². The largest absolute Gasteiger partial charge is 0.417 e. The maximum atomic E-state index is 13.3. The van der Waals surface area contributed by atoms with Gasteiger partial charge in [-0.05, 0) is 36.2 Å². The Morgan fingerprint density at radius 3 is 2.46 bits per heavy atom. The monoisotopic (exact) mass is 533 g/mol. The summed E-state index contributed by atoms with van der Waals surface area (Å²) in [6, 6.07) is 9.05. The minimum Gasteiger partial charge on any atom is -0.379 e. The van der Waals surface area contributed by atoms with Gasteiger partial charge in [0.25, 0.3) is 0 Å². The van der Waals surface area contributed by atoms with E-state index >= 15 is 0 Å². The smallest absolute Gasteiger partial charge is 0.379 e. The Morgan fingerprint density at radius 1 is 1.17 bits per heavy atom. The van der Waals surface area contributed by atoms with E-state index in [4.69, 9.17) is 16.3 Å². The van der Waals surface area contributed by atoms with Gasteiger partial charge in [0, 0.05) is 26.2 Å². The molecular formula is C23H27ClF3N3O4S. The van der Waals surface area contributed by atoms with Crippen LogP contribution >= 0.6 is 11.6 Å².